The lowest BCUT2D eigenvalue weighted by Crippen LogP contribution is -2.19. The van der Waals surface area contributed by atoms with Crippen LogP contribution in [0.2, 0.25) is 0 Å². The van der Waals surface area contributed by atoms with Crippen molar-refractivity contribution >= 4 is 29.0 Å². The van der Waals surface area contributed by atoms with Gasteiger partial charge in [0.25, 0.3) is 0 Å². The van der Waals surface area contributed by atoms with Crippen LogP contribution in [0.4, 0.5) is 22.1 Å². The first-order valence-corrected chi connectivity index (χ1v) is 8.56. The second-order valence-corrected chi connectivity index (χ2v) is 6.05. The van der Waals surface area contributed by atoms with Crippen LogP contribution in [0.1, 0.15) is 0 Å². The first-order valence-electron chi connectivity index (χ1n) is 8.56. The highest BCUT2D eigenvalue weighted by atomic mass is 16.5. The number of anilines is 3. The number of rotatable bonds is 4. The van der Waals surface area contributed by atoms with Crippen molar-refractivity contribution in [1.29, 1.82) is 0 Å². The summed E-state index contributed by atoms with van der Waals surface area (Å²) < 4.78 is 6.93. The van der Waals surface area contributed by atoms with Gasteiger partial charge in [-0.15, -0.1) is 10.2 Å². The van der Waals surface area contributed by atoms with Crippen molar-refractivity contribution < 1.29 is 9.53 Å². The van der Waals surface area contributed by atoms with E-state index in [1.54, 1.807) is 29.7 Å². The minimum atomic E-state index is -0.342. The number of nitrogen functional groups attached to an aromatic ring is 1. The number of ether oxygens (including phenoxy) is 1. The first-order chi connectivity index (χ1) is 13.6. The number of hydrogen-bond acceptors (Lipinski definition) is 5. The molecule has 0 fully saturated rings. The van der Waals surface area contributed by atoms with Crippen LogP contribution in [0, 0.1) is 0 Å². The fourth-order valence-electron chi connectivity index (χ4n) is 2.91. The standard InChI is InChI=1S/C20H18N6O2/c1-28-16-5-2-4-15(12-16)23-20(27)22-14-10-8-13(9-11-14)17-6-3-7-18-24-25-19(21)26(17)18/h2-12H,1H3,(H2,21,25)(H2,22,23,27). The Labute approximate surface area is 161 Å². The number of benzene rings is 2. The number of carbonyl (C=O) groups excluding carboxylic acids is 1. The zero-order valence-corrected chi connectivity index (χ0v) is 15.1. The van der Waals surface area contributed by atoms with Gasteiger partial charge < -0.3 is 21.1 Å². The van der Waals surface area contributed by atoms with Gasteiger partial charge in [0.05, 0.1) is 12.8 Å². The number of nitrogens with zero attached hydrogens (tertiary/aromatic N) is 3. The quantitative estimate of drug-likeness (QED) is 0.506. The molecule has 2 aromatic heterocycles. The second-order valence-electron chi connectivity index (χ2n) is 6.05. The lowest BCUT2D eigenvalue weighted by molar-refractivity contribution is 0.262. The van der Waals surface area contributed by atoms with Crippen molar-refractivity contribution in [2.24, 2.45) is 0 Å². The van der Waals surface area contributed by atoms with E-state index in [9.17, 15) is 4.79 Å². The van der Waals surface area contributed by atoms with Crippen molar-refractivity contribution in [3.8, 4) is 17.0 Å². The number of nitrogens with one attached hydrogen (secondary N) is 2. The molecule has 2 heterocycles. The number of hydrogen-bond donors (Lipinski definition) is 3. The second kappa shape index (κ2) is 7.28. The smallest absolute Gasteiger partial charge is 0.323 e. The van der Waals surface area contributed by atoms with Gasteiger partial charge in [0.1, 0.15) is 5.75 Å². The predicted octanol–water partition coefficient (Wildman–Crippen LogP) is 3.63. The molecule has 0 atom stereocenters. The summed E-state index contributed by atoms with van der Waals surface area (Å²) in [6.45, 7) is 0. The van der Waals surface area contributed by atoms with Crippen LogP contribution < -0.4 is 21.1 Å². The zero-order valence-electron chi connectivity index (χ0n) is 15.1. The molecular weight excluding hydrogens is 356 g/mol. The van der Waals surface area contributed by atoms with E-state index in [2.05, 4.69) is 20.8 Å². The maximum Gasteiger partial charge on any atom is 0.323 e. The number of fused-ring (bicyclic) bond motifs is 1. The molecule has 28 heavy (non-hydrogen) atoms. The van der Waals surface area contributed by atoms with Crippen molar-refractivity contribution in [3.05, 3.63) is 66.7 Å². The molecule has 2 amide bonds. The summed E-state index contributed by atoms with van der Waals surface area (Å²) >= 11 is 0. The lowest BCUT2D eigenvalue weighted by Gasteiger charge is -2.10. The predicted molar refractivity (Wildman–Crippen MR) is 108 cm³/mol. The molecule has 2 aromatic carbocycles. The van der Waals surface area contributed by atoms with Gasteiger partial charge in [-0.05, 0) is 42.0 Å². The van der Waals surface area contributed by atoms with E-state index in [0.29, 0.717) is 28.7 Å². The normalized spacial score (nSPS) is 10.6. The lowest BCUT2D eigenvalue weighted by atomic mass is 10.1. The fourth-order valence-corrected chi connectivity index (χ4v) is 2.91. The molecule has 8 heteroatoms. The number of pyridine rings is 1. The van der Waals surface area contributed by atoms with Crippen LogP contribution in [0.3, 0.4) is 0 Å². The molecule has 4 rings (SSSR count). The first kappa shape index (κ1) is 17.3. The van der Waals surface area contributed by atoms with Crippen molar-refractivity contribution in [3.63, 3.8) is 0 Å². The van der Waals surface area contributed by atoms with Crippen molar-refractivity contribution in [2.45, 2.75) is 0 Å². The summed E-state index contributed by atoms with van der Waals surface area (Å²) in [5.41, 5.74) is 9.69. The molecule has 4 N–H and O–H groups in total. The van der Waals surface area contributed by atoms with E-state index in [0.717, 1.165) is 11.3 Å². The summed E-state index contributed by atoms with van der Waals surface area (Å²) in [6.07, 6.45) is 0. The third kappa shape index (κ3) is 3.43. The number of amides is 2. The highest BCUT2D eigenvalue weighted by Crippen LogP contribution is 2.24. The molecule has 8 nitrogen and oxygen atoms in total. The van der Waals surface area contributed by atoms with E-state index in [4.69, 9.17) is 10.5 Å². The van der Waals surface area contributed by atoms with E-state index >= 15 is 0 Å². The molecule has 0 spiro atoms. The van der Waals surface area contributed by atoms with Crippen molar-refractivity contribution in [1.82, 2.24) is 14.6 Å². The molecule has 0 bridgehead atoms. The fraction of sp³-hybridized carbons (Fsp3) is 0.0500. The SMILES string of the molecule is COc1cccc(NC(=O)Nc2ccc(-c3cccc4nnc(N)n34)cc2)c1. The van der Waals surface area contributed by atoms with Gasteiger partial charge in [-0.3, -0.25) is 4.40 Å². The van der Waals surface area contributed by atoms with Gasteiger partial charge in [-0.1, -0.05) is 24.3 Å². The molecule has 0 aliphatic rings. The van der Waals surface area contributed by atoms with Crippen LogP contribution >= 0.6 is 0 Å². The van der Waals surface area contributed by atoms with Crippen molar-refractivity contribution in [2.75, 3.05) is 23.5 Å². The van der Waals surface area contributed by atoms with Gasteiger partial charge in [0.2, 0.25) is 5.95 Å². The Morgan fingerprint density at radius 2 is 1.71 bits per heavy atom. The highest BCUT2D eigenvalue weighted by Gasteiger charge is 2.09. The van der Waals surface area contributed by atoms with Gasteiger partial charge in [0, 0.05) is 17.4 Å². The number of methoxy groups -OCH3 is 1. The van der Waals surface area contributed by atoms with E-state index < -0.39 is 0 Å². The summed E-state index contributed by atoms with van der Waals surface area (Å²) in [7, 11) is 1.58. The third-order valence-corrected chi connectivity index (χ3v) is 4.22. The molecule has 0 saturated heterocycles. The third-order valence-electron chi connectivity index (χ3n) is 4.22. The minimum Gasteiger partial charge on any atom is -0.497 e. The van der Waals surface area contributed by atoms with Gasteiger partial charge >= 0.3 is 6.03 Å². The van der Waals surface area contributed by atoms with Crippen LogP contribution in [0.5, 0.6) is 5.75 Å². The zero-order chi connectivity index (χ0) is 19.5. The van der Waals surface area contributed by atoms with Crippen LogP contribution in [-0.4, -0.2) is 27.7 Å². The molecule has 4 aromatic rings. The minimum absolute atomic E-state index is 0.325. The summed E-state index contributed by atoms with van der Waals surface area (Å²) in [4.78, 5) is 12.2. The maximum atomic E-state index is 12.2. The summed E-state index contributed by atoms with van der Waals surface area (Å²) in [6, 6.07) is 19.9. The van der Waals surface area contributed by atoms with Gasteiger partial charge in [0.15, 0.2) is 5.65 Å². The molecular formula is C20H18N6O2. The molecule has 0 aliphatic carbocycles. The average Bonchev–Trinajstić information content (AvgIpc) is 3.10. The van der Waals surface area contributed by atoms with Crippen LogP contribution in [-0.2, 0) is 0 Å². The highest BCUT2D eigenvalue weighted by molar-refractivity contribution is 6.00. The Hall–Kier alpha value is -4.07. The Bertz CT molecular complexity index is 1140. The molecule has 0 saturated carbocycles. The number of urea groups is 1. The number of aromatic nitrogens is 3. The summed E-state index contributed by atoms with van der Waals surface area (Å²) in [5.74, 6) is 0.995. The molecule has 0 unspecified atom stereocenters. The number of carbonyl (C=O) groups is 1. The van der Waals surface area contributed by atoms with Gasteiger partial charge in [-0.2, -0.15) is 0 Å². The van der Waals surface area contributed by atoms with Crippen LogP contribution in [0.15, 0.2) is 66.7 Å². The van der Waals surface area contributed by atoms with Gasteiger partial charge in [-0.25, -0.2) is 4.79 Å². The largest absolute Gasteiger partial charge is 0.497 e. The molecule has 0 aliphatic heterocycles. The van der Waals surface area contributed by atoms with Crippen LogP contribution in [0.25, 0.3) is 16.9 Å². The topological polar surface area (TPSA) is 107 Å². The summed E-state index contributed by atoms with van der Waals surface area (Å²) in [5, 5.41) is 13.5. The Morgan fingerprint density at radius 1 is 0.964 bits per heavy atom. The van der Waals surface area contributed by atoms with E-state index in [-0.39, 0.29) is 6.03 Å². The molecule has 140 valence electrons. The number of nitrogens with two attached hydrogens (primary N) is 1. The molecule has 0 radical (unpaired) electrons. The Balaban J connectivity index is 1.50. The van der Waals surface area contributed by atoms with E-state index in [1.165, 1.54) is 0 Å². The Morgan fingerprint density at radius 3 is 2.50 bits per heavy atom. The monoisotopic (exact) mass is 374 g/mol. The van der Waals surface area contributed by atoms with E-state index in [1.807, 2.05) is 48.5 Å². The average molecular weight is 374 g/mol. The Kier molecular flexibility index (Phi) is 4.51. The maximum absolute atomic E-state index is 12.2.